The highest BCUT2D eigenvalue weighted by molar-refractivity contribution is 7.47. The number of esters is 4. The van der Waals surface area contributed by atoms with Crippen molar-refractivity contribution in [1.82, 2.24) is 0 Å². The predicted molar refractivity (Wildman–Crippen MR) is 395 cm³/mol. The lowest BCUT2D eigenvalue weighted by molar-refractivity contribution is -0.161. The van der Waals surface area contributed by atoms with Crippen molar-refractivity contribution in [3.63, 3.8) is 0 Å². The molecule has 0 heterocycles. The Bertz CT molecular complexity index is 1890. The molecule has 0 spiro atoms. The first kappa shape index (κ1) is 95.1. The van der Waals surface area contributed by atoms with E-state index in [9.17, 15) is 43.2 Å². The van der Waals surface area contributed by atoms with E-state index in [1.165, 1.54) is 212 Å². The average Bonchev–Trinajstić information content (AvgIpc) is 1.10. The van der Waals surface area contributed by atoms with E-state index in [0.717, 1.165) is 108 Å². The maximum Gasteiger partial charge on any atom is 0.472 e. The van der Waals surface area contributed by atoms with E-state index in [-0.39, 0.29) is 25.7 Å². The molecule has 0 aliphatic carbocycles. The van der Waals surface area contributed by atoms with Gasteiger partial charge >= 0.3 is 39.5 Å². The van der Waals surface area contributed by atoms with Crippen molar-refractivity contribution in [2.75, 3.05) is 39.6 Å². The topological polar surface area (TPSA) is 237 Å². The van der Waals surface area contributed by atoms with Gasteiger partial charge in [0.2, 0.25) is 0 Å². The van der Waals surface area contributed by atoms with Crippen molar-refractivity contribution in [2.24, 2.45) is 17.8 Å². The van der Waals surface area contributed by atoms with E-state index in [1.54, 1.807) is 0 Å². The van der Waals surface area contributed by atoms with Crippen LogP contribution < -0.4 is 0 Å². The smallest absolute Gasteiger partial charge is 0.462 e. The molecular formula is C78H152O17P2. The van der Waals surface area contributed by atoms with Crippen LogP contribution in [0.1, 0.15) is 402 Å². The summed E-state index contributed by atoms with van der Waals surface area (Å²) >= 11 is 0. The SMILES string of the molecule is CCCCCCCCCCCC(=O)OC[C@H](COP(=O)(O)OC[C@H](O)COP(=O)(O)OC[C@@H](COC(=O)CCCCCCCCCCCCCCCCC(C)C)OC(=O)CCCCCCCCCCCCCCCCC(C)C)OC(=O)CCCCCCCCCCCCCC(C)C. The van der Waals surface area contributed by atoms with Crippen LogP contribution in [0.3, 0.4) is 0 Å². The van der Waals surface area contributed by atoms with E-state index in [2.05, 4.69) is 48.5 Å². The van der Waals surface area contributed by atoms with Crippen LogP contribution in [-0.2, 0) is 65.4 Å². The number of carbonyl (C=O) groups is 4. The fourth-order valence-corrected chi connectivity index (χ4v) is 13.5. The molecule has 0 bridgehead atoms. The zero-order chi connectivity index (χ0) is 71.6. The Morgan fingerprint density at radius 2 is 0.474 bits per heavy atom. The molecule has 0 radical (unpaired) electrons. The Labute approximate surface area is 594 Å². The van der Waals surface area contributed by atoms with Crippen LogP contribution >= 0.6 is 15.6 Å². The maximum absolute atomic E-state index is 13.1. The van der Waals surface area contributed by atoms with E-state index >= 15 is 0 Å². The Hall–Kier alpha value is -1.94. The van der Waals surface area contributed by atoms with E-state index in [0.29, 0.717) is 25.7 Å². The van der Waals surface area contributed by atoms with Gasteiger partial charge < -0.3 is 33.8 Å². The molecule has 19 heteroatoms. The number of phosphoric acid groups is 2. The quantitative estimate of drug-likeness (QED) is 0.0222. The van der Waals surface area contributed by atoms with Crippen molar-refractivity contribution < 1.29 is 80.2 Å². The molecule has 0 aromatic carbocycles. The molecule has 5 atom stereocenters. The third kappa shape index (κ3) is 72.2. The molecular weight excluding hydrogens is 1270 g/mol. The second-order valence-corrected chi connectivity index (χ2v) is 32.4. The van der Waals surface area contributed by atoms with Crippen LogP contribution in [0, 0.1) is 17.8 Å². The van der Waals surface area contributed by atoms with Gasteiger partial charge in [0.05, 0.1) is 26.4 Å². The summed E-state index contributed by atoms with van der Waals surface area (Å²) < 4.78 is 68.6. The first-order valence-corrected chi connectivity index (χ1v) is 43.3. The molecule has 0 aliphatic heterocycles. The van der Waals surface area contributed by atoms with Gasteiger partial charge in [-0.3, -0.25) is 37.3 Å². The standard InChI is InChI=1S/C78H152O17P2/c1-8-9-10-11-12-28-38-45-52-59-75(80)88-65-73(94-78(83)62-55-48-41-34-27-21-24-31-37-44-51-58-71(6)7)67-92-96(84,85)90-63-72(79)64-91-97(86,87)93-68-74(95-77(82)61-54-47-40-33-26-20-16-14-18-23-30-36-43-50-57-70(4)5)66-89-76(81)60-53-46-39-32-25-19-15-13-17-22-29-35-42-49-56-69(2)3/h69-74,79H,8-68H2,1-7H3,(H,84,85)(H,86,87)/t72-,73+,74+/m0/s1. The highest BCUT2D eigenvalue weighted by Gasteiger charge is 2.30. The van der Waals surface area contributed by atoms with Crippen LogP contribution in [0.15, 0.2) is 0 Å². The molecule has 0 aromatic heterocycles. The number of aliphatic hydroxyl groups excluding tert-OH is 1. The third-order valence-electron chi connectivity index (χ3n) is 18.1. The number of hydrogen-bond donors (Lipinski definition) is 3. The molecule has 0 aliphatic rings. The summed E-state index contributed by atoms with van der Waals surface area (Å²) in [4.78, 5) is 72.9. The summed E-state index contributed by atoms with van der Waals surface area (Å²) in [6.07, 6.45) is 55.4. The fraction of sp³-hybridized carbons (Fsp3) is 0.949. The summed E-state index contributed by atoms with van der Waals surface area (Å²) in [5, 5.41) is 10.6. The van der Waals surface area contributed by atoms with Crippen molar-refractivity contribution in [3.05, 3.63) is 0 Å². The number of aliphatic hydroxyl groups is 1. The number of rotatable bonds is 76. The van der Waals surface area contributed by atoms with Crippen LogP contribution in [0.4, 0.5) is 0 Å². The molecule has 17 nitrogen and oxygen atoms in total. The van der Waals surface area contributed by atoms with E-state index < -0.39 is 97.5 Å². The van der Waals surface area contributed by atoms with Crippen molar-refractivity contribution in [1.29, 1.82) is 0 Å². The molecule has 0 rings (SSSR count). The maximum atomic E-state index is 13.1. The van der Waals surface area contributed by atoms with Crippen LogP contribution in [-0.4, -0.2) is 96.7 Å². The lowest BCUT2D eigenvalue weighted by Gasteiger charge is -2.21. The van der Waals surface area contributed by atoms with E-state index in [4.69, 9.17) is 37.0 Å². The molecule has 0 aromatic rings. The monoisotopic (exact) mass is 1420 g/mol. The summed E-state index contributed by atoms with van der Waals surface area (Å²) in [7, 11) is -9.91. The zero-order valence-electron chi connectivity index (χ0n) is 63.5. The van der Waals surface area contributed by atoms with Gasteiger partial charge in [0.25, 0.3) is 0 Å². The molecule has 0 saturated carbocycles. The molecule has 0 saturated heterocycles. The summed E-state index contributed by atoms with van der Waals surface area (Å²) in [5.74, 6) is 0.245. The molecule has 0 amide bonds. The number of hydrogen-bond acceptors (Lipinski definition) is 15. The first-order valence-electron chi connectivity index (χ1n) is 40.3. The van der Waals surface area contributed by atoms with E-state index in [1.807, 2.05) is 0 Å². The molecule has 0 fully saturated rings. The lowest BCUT2D eigenvalue weighted by atomic mass is 10.0. The average molecular weight is 1420 g/mol. The second kappa shape index (κ2) is 68.5. The van der Waals surface area contributed by atoms with Crippen LogP contribution in [0.5, 0.6) is 0 Å². The summed E-state index contributed by atoms with van der Waals surface area (Å²) in [6, 6.07) is 0. The van der Waals surface area contributed by atoms with Gasteiger partial charge in [-0.05, 0) is 43.4 Å². The van der Waals surface area contributed by atoms with Gasteiger partial charge in [0, 0.05) is 25.7 Å². The Morgan fingerprint density at radius 1 is 0.278 bits per heavy atom. The van der Waals surface area contributed by atoms with Gasteiger partial charge in [0.1, 0.15) is 19.3 Å². The highest BCUT2D eigenvalue weighted by atomic mass is 31.2. The van der Waals surface area contributed by atoms with Crippen LogP contribution in [0.25, 0.3) is 0 Å². The van der Waals surface area contributed by atoms with Gasteiger partial charge in [-0.1, -0.05) is 350 Å². The van der Waals surface area contributed by atoms with Gasteiger partial charge in [0.15, 0.2) is 12.2 Å². The summed E-state index contributed by atoms with van der Waals surface area (Å²) in [5.41, 5.74) is 0. The van der Waals surface area contributed by atoms with Crippen molar-refractivity contribution in [2.45, 2.75) is 420 Å². The Balaban J connectivity index is 5.23. The number of phosphoric ester groups is 2. The minimum Gasteiger partial charge on any atom is -0.462 e. The summed E-state index contributed by atoms with van der Waals surface area (Å²) in [6.45, 7) is 11.9. The fourth-order valence-electron chi connectivity index (χ4n) is 12.0. The normalized spacial score (nSPS) is 14.0. The second-order valence-electron chi connectivity index (χ2n) is 29.5. The molecule has 97 heavy (non-hydrogen) atoms. The number of carbonyl (C=O) groups excluding carboxylic acids is 4. The highest BCUT2D eigenvalue weighted by Crippen LogP contribution is 2.45. The minimum absolute atomic E-state index is 0.106. The van der Waals surface area contributed by atoms with Gasteiger partial charge in [-0.2, -0.15) is 0 Å². The van der Waals surface area contributed by atoms with Gasteiger partial charge in [-0.15, -0.1) is 0 Å². The van der Waals surface area contributed by atoms with Crippen molar-refractivity contribution in [3.8, 4) is 0 Å². The minimum atomic E-state index is -4.96. The number of ether oxygens (including phenoxy) is 4. The first-order chi connectivity index (χ1) is 46.7. The lowest BCUT2D eigenvalue weighted by Crippen LogP contribution is -2.30. The molecule has 3 N–H and O–H groups in total. The third-order valence-corrected chi connectivity index (χ3v) is 20.0. The predicted octanol–water partition coefficient (Wildman–Crippen LogP) is 23.0. The molecule has 576 valence electrons. The Kier molecular flexibility index (Phi) is 67.1. The number of unbranched alkanes of at least 4 members (excludes halogenated alkanes) is 44. The largest absolute Gasteiger partial charge is 0.472 e. The van der Waals surface area contributed by atoms with Gasteiger partial charge in [-0.25, -0.2) is 9.13 Å². The Morgan fingerprint density at radius 3 is 0.701 bits per heavy atom. The zero-order valence-corrected chi connectivity index (χ0v) is 65.3. The van der Waals surface area contributed by atoms with Crippen molar-refractivity contribution >= 4 is 39.5 Å². The molecule has 2 unspecified atom stereocenters. The van der Waals surface area contributed by atoms with Crippen LogP contribution in [0.2, 0.25) is 0 Å².